The van der Waals surface area contributed by atoms with E-state index in [1.807, 2.05) is 30.3 Å². The van der Waals surface area contributed by atoms with Crippen molar-refractivity contribution in [2.75, 3.05) is 13.1 Å². The van der Waals surface area contributed by atoms with Gasteiger partial charge in [0.1, 0.15) is 17.5 Å². The van der Waals surface area contributed by atoms with Crippen LogP contribution >= 0.6 is 0 Å². The molecule has 26 heavy (non-hydrogen) atoms. The second-order valence-corrected chi connectivity index (χ2v) is 6.85. The van der Waals surface area contributed by atoms with E-state index in [1.54, 1.807) is 0 Å². The quantitative estimate of drug-likeness (QED) is 0.686. The lowest BCUT2D eigenvalue weighted by Gasteiger charge is -2.21. The molecule has 0 spiro atoms. The van der Waals surface area contributed by atoms with Crippen LogP contribution in [0.4, 0.5) is 8.78 Å². The average molecular weight is 349 g/mol. The van der Waals surface area contributed by atoms with Crippen LogP contribution in [0.25, 0.3) is 22.2 Å². The van der Waals surface area contributed by atoms with Gasteiger partial charge in [-0.3, -0.25) is 4.99 Å². The van der Waals surface area contributed by atoms with Crippen molar-refractivity contribution in [1.82, 2.24) is 9.88 Å². The molecule has 5 rings (SSSR count). The number of hydrogen-bond donors (Lipinski definition) is 0. The van der Waals surface area contributed by atoms with Crippen molar-refractivity contribution in [2.24, 2.45) is 4.99 Å². The fourth-order valence-electron chi connectivity index (χ4n) is 4.02. The molecule has 0 unspecified atom stereocenters. The highest BCUT2D eigenvalue weighted by Gasteiger charge is 2.33. The van der Waals surface area contributed by atoms with Crippen molar-refractivity contribution in [3.8, 4) is 11.3 Å². The topological polar surface area (TPSA) is 28.5 Å². The number of rotatable bonds is 2. The molecule has 0 saturated carbocycles. The van der Waals surface area contributed by atoms with Crippen molar-refractivity contribution in [3.05, 3.63) is 65.7 Å². The second kappa shape index (κ2) is 5.87. The maximum absolute atomic E-state index is 14.3. The van der Waals surface area contributed by atoms with Crippen LogP contribution in [0.2, 0.25) is 0 Å². The van der Waals surface area contributed by atoms with Crippen molar-refractivity contribution < 1.29 is 8.78 Å². The standard InChI is InChI=1S/C21H17F2N3/c22-13-7-8-16(18(23)10-13)20-11-17(15-5-1-2-6-19(15)25-20)21-24-12-14-4-3-9-26(14)21/h1-2,5-8,10-11,14H,3-4,9,12H2/t14-/m0/s1. The molecule has 0 radical (unpaired) electrons. The van der Waals surface area contributed by atoms with Gasteiger partial charge in [-0.2, -0.15) is 0 Å². The molecule has 5 heteroatoms. The van der Waals surface area contributed by atoms with Gasteiger partial charge in [0.2, 0.25) is 0 Å². The maximum atomic E-state index is 14.3. The van der Waals surface area contributed by atoms with E-state index in [2.05, 4.69) is 9.88 Å². The highest BCUT2D eigenvalue weighted by Crippen LogP contribution is 2.32. The van der Waals surface area contributed by atoms with E-state index in [1.165, 1.54) is 18.6 Å². The summed E-state index contributed by atoms with van der Waals surface area (Å²) in [5.74, 6) is -0.228. The summed E-state index contributed by atoms with van der Waals surface area (Å²) in [4.78, 5) is 11.7. The van der Waals surface area contributed by atoms with Gasteiger partial charge in [0.25, 0.3) is 0 Å². The lowest BCUT2D eigenvalue weighted by Crippen LogP contribution is -2.31. The molecule has 1 atom stereocenters. The largest absolute Gasteiger partial charge is 0.352 e. The lowest BCUT2D eigenvalue weighted by molar-refractivity contribution is 0.431. The molecule has 2 aliphatic rings. The van der Waals surface area contributed by atoms with Gasteiger partial charge in [0.15, 0.2) is 0 Å². The SMILES string of the molecule is Fc1ccc(-c2cc(C3=NC[C@@H]4CCCN34)c3ccccc3n2)c(F)c1. The molecule has 2 aliphatic heterocycles. The summed E-state index contributed by atoms with van der Waals surface area (Å²) in [6.07, 6.45) is 2.33. The van der Waals surface area contributed by atoms with Crippen molar-refractivity contribution in [2.45, 2.75) is 18.9 Å². The van der Waals surface area contributed by atoms with Gasteiger partial charge in [-0.15, -0.1) is 0 Å². The molecule has 3 nitrogen and oxygen atoms in total. The van der Waals surface area contributed by atoms with Crippen LogP contribution in [0.1, 0.15) is 18.4 Å². The van der Waals surface area contributed by atoms with Crippen molar-refractivity contribution >= 4 is 16.7 Å². The third-order valence-electron chi connectivity index (χ3n) is 5.27. The first-order valence-corrected chi connectivity index (χ1v) is 8.87. The average Bonchev–Trinajstić information content (AvgIpc) is 3.24. The number of amidine groups is 1. The molecule has 1 saturated heterocycles. The lowest BCUT2D eigenvalue weighted by atomic mass is 10.0. The number of nitrogens with zero attached hydrogens (tertiary/aromatic N) is 3. The number of fused-ring (bicyclic) bond motifs is 2. The first kappa shape index (κ1) is 15.4. The van der Waals surface area contributed by atoms with Crippen LogP contribution in [0.3, 0.4) is 0 Å². The Kier molecular flexibility index (Phi) is 3.48. The van der Waals surface area contributed by atoms with Gasteiger partial charge in [-0.05, 0) is 37.1 Å². The molecule has 0 amide bonds. The molecule has 2 aromatic carbocycles. The van der Waals surface area contributed by atoms with Crippen molar-refractivity contribution in [3.63, 3.8) is 0 Å². The van der Waals surface area contributed by atoms with Gasteiger partial charge < -0.3 is 4.90 Å². The monoisotopic (exact) mass is 349 g/mol. The normalized spacial score (nSPS) is 19.1. The number of halogens is 2. The minimum Gasteiger partial charge on any atom is -0.352 e. The second-order valence-electron chi connectivity index (χ2n) is 6.85. The Morgan fingerprint density at radius 3 is 2.77 bits per heavy atom. The van der Waals surface area contributed by atoms with E-state index in [9.17, 15) is 8.78 Å². The number of para-hydroxylation sites is 1. The summed E-state index contributed by atoms with van der Waals surface area (Å²) >= 11 is 0. The predicted molar refractivity (Wildman–Crippen MR) is 98.2 cm³/mol. The Bertz CT molecular complexity index is 1040. The number of hydrogen-bond acceptors (Lipinski definition) is 3. The zero-order valence-corrected chi connectivity index (χ0v) is 14.1. The Balaban J connectivity index is 1.72. The van der Waals surface area contributed by atoms with Gasteiger partial charge in [-0.1, -0.05) is 18.2 Å². The minimum absolute atomic E-state index is 0.301. The molecule has 3 heterocycles. The van der Waals surface area contributed by atoms with Crippen LogP contribution < -0.4 is 0 Å². The number of pyridine rings is 1. The van der Waals surface area contributed by atoms with Gasteiger partial charge in [0.05, 0.1) is 23.8 Å². The third-order valence-corrected chi connectivity index (χ3v) is 5.27. The third kappa shape index (κ3) is 2.38. The Labute approximate surface area is 150 Å². The Hall–Kier alpha value is -2.82. The zero-order valence-electron chi connectivity index (χ0n) is 14.1. The first-order valence-electron chi connectivity index (χ1n) is 8.87. The predicted octanol–water partition coefficient (Wildman–Crippen LogP) is 4.40. The van der Waals surface area contributed by atoms with E-state index in [0.717, 1.165) is 47.9 Å². The Morgan fingerprint density at radius 2 is 1.88 bits per heavy atom. The fourth-order valence-corrected chi connectivity index (χ4v) is 4.02. The zero-order chi connectivity index (χ0) is 17.7. The van der Waals surface area contributed by atoms with Crippen LogP contribution in [-0.2, 0) is 0 Å². The summed E-state index contributed by atoms with van der Waals surface area (Å²) in [5.41, 5.74) is 2.56. The van der Waals surface area contributed by atoms with E-state index < -0.39 is 11.6 Å². The molecular weight excluding hydrogens is 332 g/mol. The van der Waals surface area contributed by atoms with E-state index in [4.69, 9.17) is 4.99 Å². The van der Waals surface area contributed by atoms with Gasteiger partial charge in [0, 0.05) is 29.1 Å². The number of aromatic nitrogens is 1. The molecule has 0 N–H and O–H groups in total. The summed E-state index contributed by atoms with van der Waals surface area (Å²) < 4.78 is 27.6. The number of aliphatic imine (C=N–C) groups is 1. The first-order chi connectivity index (χ1) is 12.7. The minimum atomic E-state index is -0.605. The molecule has 130 valence electrons. The highest BCUT2D eigenvalue weighted by molar-refractivity contribution is 6.10. The van der Waals surface area contributed by atoms with Gasteiger partial charge >= 0.3 is 0 Å². The van der Waals surface area contributed by atoms with E-state index in [-0.39, 0.29) is 0 Å². The van der Waals surface area contributed by atoms with Crippen LogP contribution in [0, 0.1) is 11.6 Å². The van der Waals surface area contributed by atoms with Gasteiger partial charge in [-0.25, -0.2) is 13.8 Å². The van der Waals surface area contributed by atoms with E-state index >= 15 is 0 Å². The molecular formula is C21H17F2N3. The smallest absolute Gasteiger partial charge is 0.135 e. The molecule has 1 aromatic heterocycles. The molecule has 1 fully saturated rings. The Morgan fingerprint density at radius 1 is 1.00 bits per heavy atom. The summed E-state index contributed by atoms with van der Waals surface area (Å²) in [6.45, 7) is 1.81. The number of benzene rings is 2. The molecule has 0 bridgehead atoms. The molecule has 0 aliphatic carbocycles. The molecule has 3 aromatic rings. The highest BCUT2D eigenvalue weighted by atomic mass is 19.1. The van der Waals surface area contributed by atoms with E-state index in [0.29, 0.717) is 17.3 Å². The summed E-state index contributed by atoms with van der Waals surface area (Å²) in [6, 6.07) is 13.8. The van der Waals surface area contributed by atoms with Crippen LogP contribution in [0.5, 0.6) is 0 Å². The summed E-state index contributed by atoms with van der Waals surface area (Å²) in [7, 11) is 0. The summed E-state index contributed by atoms with van der Waals surface area (Å²) in [5, 5.41) is 1.00. The van der Waals surface area contributed by atoms with Crippen LogP contribution in [-0.4, -0.2) is 34.9 Å². The maximum Gasteiger partial charge on any atom is 0.135 e. The van der Waals surface area contributed by atoms with Crippen molar-refractivity contribution in [1.29, 1.82) is 0 Å². The van der Waals surface area contributed by atoms with Crippen LogP contribution in [0.15, 0.2) is 53.5 Å². The fraction of sp³-hybridized carbons (Fsp3) is 0.238.